The van der Waals surface area contributed by atoms with Gasteiger partial charge < -0.3 is 10.2 Å². The van der Waals surface area contributed by atoms with Crippen LogP contribution < -0.4 is 0 Å². The number of aliphatic hydroxyl groups excluding tert-OH is 1. The molecule has 0 atom stereocenters. The molecule has 0 radical (unpaired) electrons. The molecule has 0 amide bonds. The Kier molecular flexibility index (Phi) is 5.29. The van der Waals surface area contributed by atoms with Crippen LogP contribution in [0.4, 0.5) is 15.8 Å². The number of hydrogen-bond acceptors (Lipinski definition) is 4. The van der Waals surface area contributed by atoms with Crippen molar-refractivity contribution in [3.05, 3.63) is 114 Å². The minimum absolute atomic E-state index is 0.0322. The fourth-order valence-electron chi connectivity index (χ4n) is 4.52. The van der Waals surface area contributed by atoms with Gasteiger partial charge in [-0.1, -0.05) is 60.4 Å². The molecule has 0 aromatic heterocycles. The number of phenols is 1. The van der Waals surface area contributed by atoms with Crippen molar-refractivity contribution >= 4 is 43.7 Å². The summed E-state index contributed by atoms with van der Waals surface area (Å²) in [5, 5.41) is 34.0. The molecule has 6 aromatic rings. The number of aromatic hydroxyl groups is 1. The summed E-state index contributed by atoms with van der Waals surface area (Å²) in [5.74, 6) is 5.73. The second kappa shape index (κ2) is 8.77. The summed E-state index contributed by atoms with van der Waals surface area (Å²) in [5.41, 5.74) is 2.21. The van der Waals surface area contributed by atoms with Gasteiger partial charge in [0, 0.05) is 16.7 Å². The van der Waals surface area contributed by atoms with E-state index in [2.05, 4.69) is 70.6 Å². The smallest absolute Gasteiger partial charge is 0.151 e. The van der Waals surface area contributed by atoms with E-state index in [0.29, 0.717) is 16.8 Å². The van der Waals surface area contributed by atoms with Crippen LogP contribution in [0.1, 0.15) is 16.7 Å². The topological polar surface area (TPSA) is 65.2 Å². The molecule has 0 aliphatic heterocycles. The zero-order valence-electron chi connectivity index (χ0n) is 19.0. The molecule has 0 saturated carbocycles. The molecule has 0 aliphatic rings. The third-order valence-corrected chi connectivity index (χ3v) is 6.32. The summed E-state index contributed by atoms with van der Waals surface area (Å²) in [4.78, 5) is 0. The lowest BCUT2D eigenvalue weighted by atomic mass is 9.92. The van der Waals surface area contributed by atoms with Crippen LogP contribution in [0.15, 0.2) is 101 Å². The average molecular weight is 471 g/mol. The molecule has 36 heavy (non-hydrogen) atoms. The lowest BCUT2D eigenvalue weighted by Crippen LogP contribution is -1.87. The van der Waals surface area contributed by atoms with Crippen LogP contribution in [0, 0.1) is 17.7 Å². The fraction of sp³-hybridized carbons (Fsp3) is 0.0323. The van der Waals surface area contributed by atoms with Gasteiger partial charge in [-0.3, -0.25) is 0 Å². The maximum atomic E-state index is 14.7. The third kappa shape index (κ3) is 3.80. The third-order valence-electron chi connectivity index (χ3n) is 6.32. The molecule has 6 rings (SSSR count). The highest BCUT2D eigenvalue weighted by Gasteiger charge is 2.10. The van der Waals surface area contributed by atoms with Gasteiger partial charge >= 0.3 is 0 Å². The van der Waals surface area contributed by atoms with Crippen LogP contribution in [-0.4, -0.2) is 10.2 Å². The van der Waals surface area contributed by atoms with Crippen molar-refractivity contribution in [2.24, 2.45) is 10.2 Å². The highest BCUT2D eigenvalue weighted by molar-refractivity contribution is 6.23. The lowest BCUT2D eigenvalue weighted by molar-refractivity contribution is 0.275. The maximum absolute atomic E-state index is 14.7. The maximum Gasteiger partial charge on any atom is 0.151 e. The van der Waals surface area contributed by atoms with Crippen molar-refractivity contribution in [3.63, 3.8) is 0 Å². The minimum Gasteiger partial charge on any atom is -0.508 e. The first kappa shape index (κ1) is 21.7. The average Bonchev–Trinajstić information content (AvgIpc) is 2.91. The van der Waals surface area contributed by atoms with Gasteiger partial charge in [0.1, 0.15) is 11.4 Å². The first-order chi connectivity index (χ1) is 17.6. The fourth-order valence-corrected chi connectivity index (χ4v) is 4.52. The van der Waals surface area contributed by atoms with E-state index in [1.54, 1.807) is 6.07 Å². The normalized spacial score (nSPS) is 11.5. The first-order valence-electron chi connectivity index (χ1n) is 11.4. The molecular formula is C31H19FN2O2. The van der Waals surface area contributed by atoms with Crippen molar-refractivity contribution < 1.29 is 14.6 Å². The lowest BCUT2D eigenvalue weighted by Gasteiger charge is -2.11. The Labute approximate surface area is 206 Å². The second-order valence-electron chi connectivity index (χ2n) is 8.56. The summed E-state index contributed by atoms with van der Waals surface area (Å²) in [6.07, 6.45) is 0. The van der Waals surface area contributed by atoms with Crippen LogP contribution in [0.25, 0.3) is 32.3 Å². The van der Waals surface area contributed by atoms with Gasteiger partial charge in [-0.25, -0.2) is 4.39 Å². The molecule has 172 valence electrons. The van der Waals surface area contributed by atoms with Crippen LogP contribution in [0.5, 0.6) is 5.75 Å². The van der Waals surface area contributed by atoms with Crippen LogP contribution >= 0.6 is 0 Å². The standard InChI is InChI=1S/C31H19FN2O2/c32-27-16-19(5-14-28(27)34-33-25-12-15-29(36)24(17-25)18-35)4-6-20-7-8-23-10-9-21-2-1-3-22-11-13-26(20)31(23)30(21)22/h1-3,5,7-17,35-36H,18H2. The first-order valence-corrected chi connectivity index (χ1v) is 11.4. The van der Waals surface area contributed by atoms with Gasteiger partial charge in [0.15, 0.2) is 5.82 Å². The van der Waals surface area contributed by atoms with E-state index in [4.69, 9.17) is 0 Å². The molecule has 0 unspecified atom stereocenters. The number of halogens is 1. The monoisotopic (exact) mass is 470 g/mol. The Balaban J connectivity index is 1.33. The molecule has 5 heteroatoms. The van der Waals surface area contributed by atoms with Crippen molar-refractivity contribution in [3.8, 4) is 17.6 Å². The molecule has 0 aliphatic carbocycles. The molecule has 0 bridgehead atoms. The summed E-state index contributed by atoms with van der Waals surface area (Å²) < 4.78 is 14.7. The summed E-state index contributed by atoms with van der Waals surface area (Å²) in [6, 6.07) is 27.9. The number of nitrogens with zero attached hydrogens (tertiary/aromatic N) is 2. The SMILES string of the molecule is OCc1cc(N=Nc2ccc(C#Cc3ccc4ccc5cccc6ccc3c4c56)cc2F)ccc1O. The summed E-state index contributed by atoms with van der Waals surface area (Å²) >= 11 is 0. The van der Waals surface area contributed by atoms with Crippen LogP contribution in [0.3, 0.4) is 0 Å². The predicted molar refractivity (Wildman–Crippen MR) is 141 cm³/mol. The number of aliphatic hydroxyl groups is 1. The second-order valence-corrected chi connectivity index (χ2v) is 8.56. The van der Waals surface area contributed by atoms with Crippen LogP contribution in [0.2, 0.25) is 0 Å². The highest BCUT2D eigenvalue weighted by Crippen LogP contribution is 2.35. The van der Waals surface area contributed by atoms with Gasteiger partial charge in [-0.15, -0.1) is 5.11 Å². The Morgan fingerprint density at radius 3 is 2.25 bits per heavy atom. The van der Waals surface area contributed by atoms with Crippen molar-refractivity contribution in [1.29, 1.82) is 0 Å². The van der Waals surface area contributed by atoms with E-state index in [0.717, 1.165) is 10.9 Å². The predicted octanol–water partition coefficient (Wildman–Crippen LogP) is 7.74. The van der Waals surface area contributed by atoms with Gasteiger partial charge in [0.25, 0.3) is 0 Å². The van der Waals surface area contributed by atoms with Crippen LogP contribution in [-0.2, 0) is 6.61 Å². The van der Waals surface area contributed by atoms with Gasteiger partial charge in [0.2, 0.25) is 0 Å². The number of benzene rings is 6. The molecule has 0 fully saturated rings. The zero-order valence-corrected chi connectivity index (χ0v) is 19.0. The molecular weight excluding hydrogens is 451 g/mol. The van der Waals surface area contributed by atoms with Gasteiger partial charge in [-0.05, 0) is 74.8 Å². The van der Waals surface area contributed by atoms with Crippen molar-refractivity contribution in [2.75, 3.05) is 0 Å². The Morgan fingerprint density at radius 1 is 0.722 bits per heavy atom. The van der Waals surface area contributed by atoms with Gasteiger partial charge in [-0.2, -0.15) is 5.11 Å². The van der Waals surface area contributed by atoms with E-state index in [9.17, 15) is 14.6 Å². The van der Waals surface area contributed by atoms with Gasteiger partial charge in [0.05, 0.1) is 12.3 Å². The Hall–Kier alpha value is -4.79. The number of hydrogen-bond donors (Lipinski definition) is 2. The van der Waals surface area contributed by atoms with E-state index < -0.39 is 5.82 Å². The number of rotatable bonds is 3. The highest BCUT2D eigenvalue weighted by atomic mass is 19.1. The number of azo groups is 1. The van der Waals surface area contributed by atoms with E-state index >= 15 is 0 Å². The quantitative estimate of drug-likeness (QED) is 0.158. The molecule has 4 nitrogen and oxygen atoms in total. The summed E-state index contributed by atoms with van der Waals surface area (Å²) in [6.45, 7) is -0.330. The zero-order chi connectivity index (χ0) is 24.6. The Bertz CT molecular complexity index is 1850. The largest absolute Gasteiger partial charge is 0.508 e. The van der Waals surface area contributed by atoms with Crippen molar-refractivity contribution in [2.45, 2.75) is 6.61 Å². The van der Waals surface area contributed by atoms with E-state index in [-0.39, 0.29) is 18.0 Å². The Morgan fingerprint density at radius 2 is 1.47 bits per heavy atom. The molecule has 0 saturated heterocycles. The molecule has 2 N–H and O–H groups in total. The molecule has 0 spiro atoms. The van der Waals surface area contributed by atoms with Crippen molar-refractivity contribution in [1.82, 2.24) is 0 Å². The molecule has 0 heterocycles. The van der Waals surface area contributed by atoms with E-state index in [1.807, 2.05) is 6.07 Å². The molecule has 6 aromatic carbocycles. The summed E-state index contributed by atoms with van der Waals surface area (Å²) in [7, 11) is 0. The minimum atomic E-state index is -0.540. The van der Waals surface area contributed by atoms with E-state index in [1.165, 1.54) is 57.3 Å².